The molecule has 0 spiro atoms. The minimum Gasteiger partial charge on any atom is -0.490 e. The second-order valence-electron chi connectivity index (χ2n) is 7.83. The first-order chi connectivity index (χ1) is 14.9. The summed E-state index contributed by atoms with van der Waals surface area (Å²) in [4.78, 5) is -0.519. The zero-order chi connectivity index (χ0) is 23.5. The maximum Gasteiger partial charge on any atom is 0.416 e. The summed E-state index contributed by atoms with van der Waals surface area (Å²) in [6.45, 7) is 0.562. The fourth-order valence-electron chi connectivity index (χ4n) is 4.56. The Balaban J connectivity index is 2.02. The van der Waals surface area contributed by atoms with E-state index in [1.54, 1.807) is 0 Å². The van der Waals surface area contributed by atoms with E-state index in [2.05, 4.69) is 0 Å². The molecular formula is C21H16F5NO4S. The van der Waals surface area contributed by atoms with Crippen LogP contribution in [0.2, 0.25) is 0 Å². The van der Waals surface area contributed by atoms with Crippen LogP contribution in [0.1, 0.15) is 24.5 Å². The van der Waals surface area contributed by atoms with Crippen molar-refractivity contribution < 1.29 is 39.8 Å². The molecular weight excluding hydrogens is 457 g/mol. The molecule has 0 radical (unpaired) electrons. The fourth-order valence-corrected chi connectivity index (χ4v) is 6.96. The first kappa shape index (κ1) is 22.5. The van der Waals surface area contributed by atoms with Crippen molar-refractivity contribution in [3.8, 4) is 11.8 Å². The van der Waals surface area contributed by atoms with Crippen LogP contribution in [0.5, 0.6) is 5.75 Å². The molecule has 2 heterocycles. The number of halogens is 5. The van der Waals surface area contributed by atoms with E-state index in [-0.39, 0.29) is 13.0 Å². The minimum atomic E-state index is -4.69. The predicted molar refractivity (Wildman–Crippen MR) is 100 cm³/mol. The van der Waals surface area contributed by atoms with Crippen LogP contribution >= 0.6 is 0 Å². The van der Waals surface area contributed by atoms with E-state index in [1.165, 1.54) is 6.92 Å². The molecule has 2 aromatic rings. The summed E-state index contributed by atoms with van der Waals surface area (Å²) in [5.41, 5.74) is -3.39. The number of sulfone groups is 1. The number of alkyl halides is 3. The SMILES string of the molecule is C[C@]1(C#N)OCC[C@]2(S(=O)(=O)c3ccc(C(F)(F)F)cc3)c3c(F)ccc(F)c3OC[C@H]12. The predicted octanol–water partition coefficient (Wildman–Crippen LogP) is 4.36. The zero-order valence-electron chi connectivity index (χ0n) is 16.5. The van der Waals surface area contributed by atoms with Crippen molar-refractivity contribution in [3.05, 3.63) is 59.2 Å². The molecule has 0 bridgehead atoms. The second-order valence-corrected chi connectivity index (χ2v) is 10.0. The fraction of sp³-hybridized carbons (Fsp3) is 0.381. The van der Waals surface area contributed by atoms with Gasteiger partial charge in [0.1, 0.15) is 10.6 Å². The van der Waals surface area contributed by atoms with Crippen molar-refractivity contribution in [1.29, 1.82) is 5.26 Å². The molecule has 1 saturated heterocycles. The average molecular weight is 473 g/mol. The largest absolute Gasteiger partial charge is 0.490 e. The number of hydrogen-bond donors (Lipinski definition) is 0. The smallest absolute Gasteiger partial charge is 0.416 e. The third-order valence-corrected chi connectivity index (χ3v) is 8.72. The van der Waals surface area contributed by atoms with Crippen molar-refractivity contribution in [3.63, 3.8) is 0 Å². The molecule has 170 valence electrons. The van der Waals surface area contributed by atoms with Crippen LogP contribution in [-0.4, -0.2) is 27.2 Å². The quantitative estimate of drug-likeness (QED) is 0.606. The van der Waals surface area contributed by atoms with E-state index in [0.29, 0.717) is 12.1 Å². The van der Waals surface area contributed by atoms with Crippen molar-refractivity contribution in [2.45, 2.75) is 34.8 Å². The molecule has 4 rings (SSSR count). The molecule has 5 nitrogen and oxygen atoms in total. The Morgan fingerprint density at radius 3 is 2.31 bits per heavy atom. The molecule has 32 heavy (non-hydrogen) atoms. The molecule has 0 aromatic heterocycles. The number of hydrogen-bond acceptors (Lipinski definition) is 5. The van der Waals surface area contributed by atoms with Crippen LogP contribution < -0.4 is 4.74 Å². The molecule has 1 fully saturated rings. The van der Waals surface area contributed by atoms with E-state index in [0.717, 1.165) is 24.3 Å². The Morgan fingerprint density at radius 2 is 1.72 bits per heavy atom. The lowest BCUT2D eigenvalue weighted by Gasteiger charge is -2.52. The van der Waals surface area contributed by atoms with Gasteiger partial charge in [-0.3, -0.25) is 0 Å². The van der Waals surface area contributed by atoms with E-state index in [4.69, 9.17) is 9.47 Å². The summed E-state index contributed by atoms with van der Waals surface area (Å²) < 4.78 is 105. The Labute approximate surface area is 180 Å². The highest BCUT2D eigenvalue weighted by molar-refractivity contribution is 7.92. The number of benzene rings is 2. The number of nitrogens with zero attached hydrogens (tertiary/aromatic N) is 1. The Hall–Kier alpha value is -2.71. The van der Waals surface area contributed by atoms with E-state index in [1.807, 2.05) is 6.07 Å². The van der Waals surface area contributed by atoms with Crippen LogP contribution in [-0.2, 0) is 25.5 Å². The van der Waals surface area contributed by atoms with E-state index in [9.17, 15) is 31.2 Å². The minimum absolute atomic E-state index is 0.282. The maximum absolute atomic E-state index is 15.1. The maximum atomic E-state index is 15.1. The van der Waals surface area contributed by atoms with Gasteiger partial charge in [0.2, 0.25) is 0 Å². The summed E-state index contributed by atoms with van der Waals surface area (Å²) in [6.07, 6.45) is -5.04. The number of nitriles is 1. The lowest BCUT2D eigenvalue weighted by Crippen LogP contribution is -2.61. The first-order valence-corrected chi connectivity index (χ1v) is 11.0. The molecule has 0 aliphatic carbocycles. The van der Waals surface area contributed by atoms with Crippen molar-refractivity contribution in [1.82, 2.24) is 0 Å². The first-order valence-electron chi connectivity index (χ1n) is 9.47. The van der Waals surface area contributed by atoms with Crippen LogP contribution in [0.15, 0.2) is 41.3 Å². The van der Waals surface area contributed by atoms with Gasteiger partial charge in [-0.15, -0.1) is 0 Å². The lowest BCUT2D eigenvalue weighted by molar-refractivity contribution is -0.137. The third-order valence-electron chi connectivity index (χ3n) is 6.17. The normalized spacial score (nSPS) is 27.6. The molecule has 0 saturated carbocycles. The summed E-state index contributed by atoms with van der Waals surface area (Å²) >= 11 is 0. The van der Waals surface area contributed by atoms with Gasteiger partial charge in [-0.1, -0.05) is 0 Å². The molecule has 0 N–H and O–H groups in total. The monoisotopic (exact) mass is 473 g/mol. The Kier molecular flexibility index (Phi) is 5.02. The number of rotatable bonds is 2. The van der Waals surface area contributed by atoms with Crippen LogP contribution in [0.4, 0.5) is 22.0 Å². The van der Waals surface area contributed by atoms with Gasteiger partial charge < -0.3 is 9.47 Å². The topological polar surface area (TPSA) is 76.4 Å². The average Bonchev–Trinajstić information content (AvgIpc) is 2.75. The van der Waals surface area contributed by atoms with Gasteiger partial charge in [0, 0.05) is 0 Å². The standard InChI is InChI=1S/C21H16F5NO4S/c1-19(11-27)16-10-30-18-15(23)7-6-14(22)17(18)20(16,8-9-31-19)32(28,29)13-4-2-12(3-5-13)21(24,25)26/h2-7,16H,8-10H2,1H3/t16-,19-,20-/m1/s1. The van der Waals surface area contributed by atoms with Crippen molar-refractivity contribution in [2.24, 2.45) is 5.92 Å². The second kappa shape index (κ2) is 7.15. The highest BCUT2D eigenvalue weighted by atomic mass is 32.2. The summed E-state index contributed by atoms with van der Waals surface area (Å²) in [7, 11) is -4.66. The van der Waals surface area contributed by atoms with Gasteiger partial charge in [-0.2, -0.15) is 18.4 Å². The van der Waals surface area contributed by atoms with Crippen LogP contribution in [0.25, 0.3) is 0 Å². The molecule has 2 aromatic carbocycles. The highest BCUT2D eigenvalue weighted by Gasteiger charge is 2.65. The van der Waals surface area contributed by atoms with Gasteiger partial charge in [0.25, 0.3) is 0 Å². The highest BCUT2D eigenvalue weighted by Crippen LogP contribution is 2.57. The molecule has 2 aliphatic heterocycles. The molecule has 3 atom stereocenters. The molecule has 11 heteroatoms. The van der Waals surface area contributed by atoms with Crippen LogP contribution in [0, 0.1) is 28.9 Å². The molecule has 0 amide bonds. The van der Waals surface area contributed by atoms with Gasteiger partial charge in [-0.25, -0.2) is 17.2 Å². The van der Waals surface area contributed by atoms with Gasteiger partial charge >= 0.3 is 6.18 Å². The van der Waals surface area contributed by atoms with Crippen molar-refractivity contribution in [2.75, 3.05) is 13.2 Å². The zero-order valence-corrected chi connectivity index (χ0v) is 17.4. The van der Waals surface area contributed by atoms with E-state index >= 15 is 4.39 Å². The summed E-state index contributed by atoms with van der Waals surface area (Å²) in [5.74, 6) is -3.94. The van der Waals surface area contributed by atoms with Crippen molar-refractivity contribution >= 4 is 9.84 Å². The van der Waals surface area contributed by atoms with Gasteiger partial charge in [-0.05, 0) is 49.7 Å². The number of fused-ring (bicyclic) bond motifs is 3. The lowest BCUT2D eigenvalue weighted by atomic mass is 9.71. The molecule has 0 unspecified atom stereocenters. The van der Waals surface area contributed by atoms with Gasteiger partial charge in [0.05, 0.1) is 41.2 Å². The summed E-state index contributed by atoms with van der Waals surface area (Å²) in [5, 5.41) is 9.72. The van der Waals surface area contributed by atoms with E-state index < -0.39 is 72.3 Å². The van der Waals surface area contributed by atoms with Crippen LogP contribution in [0.3, 0.4) is 0 Å². The number of ether oxygens (including phenoxy) is 2. The Bertz CT molecular complexity index is 1220. The Morgan fingerprint density at radius 1 is 1.09 bits per heavy atom. The molecule has 2 aliphatic rings. The summed E-state index contributed by atoms with van der Waals surface area (Å²) in [6, 6.07) is 6.18. The van der Waals surface area contributed by atoms with Gasteiger partial charge in [0.15, 0.2) is 27.0 Å². The third kappa shape index (κ3) is 3.00.